The monoisotopic (exact) mass is 130 g/mol. The second-order valence-corrected chi connectivity index (χ2v) is 2.28. The van der Waals surface area contributed by atoms with Crippen LogP contribution >= 0.6 is 11.6 Å². The summed E-state index contributed by atoms with van der Waals surface area (Å²) in [5, 5.41) is 6.53. The van der Waals surface area contributed by atoms with E-state index in [1.165, 1.54) is 0 Å². The highest BCUT2D eigenvalue weighted by Gasteiger charge is 1.98. The molecule has 0 fully saturated rings. The minimum absolute atomic E-state index is 0.0394. The molecule has 1 N–H and O–H groups in total. The second-order valence-electron chi connectivity index (χ2n) is 1.63. The Morgan fingerprint density at radius 3 is 2.88 bits per heavy atom. The quantitative estimate of drug-likeness (QED) is 0.576. The summed E-state index contributed by atoms with van der Waals surface area (Å²) in [4.78, 5) is 0. The molecule has 0 aliphatic heterocycles. The molecule has 0 aromatic carbocycles. The maximum atomic E-state index is 5.67. The Balaban J connectivity index is 2.77. The number of rotatable bonds is 1. The molecule has 1 atom stereocenters. The molecule has 3 heteroatoms. The number of H-pyrrole nitrogens is 1. The standard InChI is InChI=1S/C5H7ClN2/c1-4(6)5-2-3-7-8-5/h2-4H,1H3,(H,7,8). The van der Waals surface area contributed by atoms with Gasteiger partial charge >= 0.3 is 0 Å². The van der Waals surface area contributed by atoms with Crippen LogP contribution < -0.4 is 0 Å². The van der Waals surface area contributed by atoms with Crippen molar-refractivity contribution in [2.45, 2.75) is 12.3 Å². The van der Waals surface area contributed by atoms with Gasteiger partial charge in [-0.2, -0.15) is 5.10 Å². The van der Waals surface area contributed by atoms with E-state index in [-0.39, 0.29) is 5.38 Å². The maximum Gasteiger partial charge on any atom is 0.0723 e. The molecule has 44 valence electrons. The van der Waals surface area contributed by atoms with Gasteiger partial charge in [0, 0.05) is 6.20 Å². The highest BCUT2D eigenvalue weighted by Crippen LogP contribution is 2.14. The van der Waals surface area contributed by atoms with Crippen LogP contribution in [0.15, 0.2) is 12.3 Å². The lowest BCUT2D eigenvalue weighted by atomic mass is 10.3. The molecule has 0 spiro atoms. The van der Waals surface area contributed by atoms with Crippen molar-refractivity contribution in [3.8, 4) is 0 Å². The van der Waals surface area contributed by atoms with Crippen LogP contribution in [-0.2, 0) is 0 Å². The van der Waals surface area contributed by atoms with Crippen molar-refractivity contribution >= 4 is 11.6 Å². The van der Waals surface area contributed by atoms with E-state index >= 15 is 0 Å². The summed E-state index contributed by atoms with van der Waals surface area (Å²) in [6.07, 6.45) is 1.69. The molecular formula is C5H7ClN2. The molecule has 1 aromatic rings. The van der Waals surface area contributed by atoms with Crippen molar-refractivity contribution in [2.75, 3.05) is 0 Å². The largest absolute Gasteiger partial charge is 0.281 e. The molecule has 0 saturated carbocycles. The van der Waals surface area contributed by atoms with E-state index < -0.39 is 0 Å². The molecule has 0 amide bonds. The number of nitrogens with zero attached hydrogens (tertiary/aromatic N) is 1. The Morgan fingerprint density at radius 1 is 1.88 bits per heavy atom. The van der Waals surface area contributed by atoms with Crippen LogP contribution in [0.1, 0.15) is 18.0 Å². The number of aromatic nitrogens is 2. The number of aromatic amines is 1. The summed E-state index contributed by atoms with van der Waals surface area (Å²) in [6, 6.07) is 1.86. The zero-order valence-corrected chi connectivity index (χ0v) is 5.31. The lowest BCUT2D eigenvalue weighted by Crippen LogP contribution is -1.81. The topological polar surface area (TPSA) is 28.7 Å². The first-order valence-electron chi connectivity index (χ1n) is 2.44. The number of halogens is 1. The maximum absolute atomic E-state index is 5.67. The summed E-state index contributed by atoms with van der Waals surface area (Å²) in [6.45, 7) is 1.90. The molecule has 0 bridgehead atoms. The smallest absolute Gasteiger partial charge is 0.0723 e. The minimum atomic E-state index is 0.0394. The summed E-state index contributed by atoms with van der Waals surface area (Å²) in [5.41, 5.74) is 0.965. The highest BCUT2D eigenvalue weighted by atomic mass is 35.5. The van der Waals surface area contributed by atoms with E-state index in [1.807, 2.05) is 13.0 Å². The Kier molecular flexibility index (Phi) is 1.53. The van der Waals surface area contributed by atoms with Crippen LogP contribution in [0.25, 0.3) is 0 Å². The van der Waals surface area contributed by atoms with E-state index in [2.05, 4.69) is 10.2 Å². The van der Waals surface area contributed by atoms with Gasteiger partial charge in [0.15, 0.2) is 0 Å². The van der Waals surface area contributed by atoms with E-state index in [9.17, 15) is 0 Å². The van der Waals surface area contributed by atoms with Gasteiger partial charge in [-0.3, -0.25) is 5.10 Å². The molecule has 0 aliphatic rings. The van der Waals surface area contributed by atoms with Gasteiger partial charge in [0.05, 0.1) is 11.1 Å². The molecule has 0 saturated heterocycles. The SMILES string of the molecule is CC(Cl)c1ccn[nH]1. The predicted octanol–water partition coefficient (Wildman–Crippen LogP) is 1.71. The van der Waals surface area contributed by atoms with Crippen molar-refractivity contribution in [1.29, 1.82) is 0 Å². The van der Waals surface area contributed by atoms with Gasteiger partial charge < -0.3 is 0 Å². The minimum Gasteiger partial charge on any atom is -0.281 e. The molecule has 1 heterocycles. The van der Waals surface area contributed by atoms with Gasteiger partial charge in [0.25, 0.3) is 0 Å². The summed E-state index contributed by atoms with van der Waals surface area (Å²) < 4.78 is 0. The Bertz CT molecular complexity index is 145. The average Bonchev–Trinajstić information content (AvgIpc) is 2.12. The molecule has 0 aliphatic carbocycles. The second kappa shape index (κ2) is 2.18. The Hall–Kier alpha value is -0.500. The Morgan fingerprint density at radius 2 is 2.62 bits per heavy atom. The molecule has 8 heavy (non-hydrogen) atoms. The predicted molar refractivity (Wildman–Crippen MR) is 32.9 cm³/mol. The van der Waals surface area contributed by atoms with Crippen molar-refractivity contribution in [2.24, 2.45) is 0 Å². The van der Waals surface area contributed by atoms with Gasteiger partial charge in [-0.15, -0.1) is 11.6 Å². The van der Waals surface area contributed by atoms with Gasteiger partial charge in [0.1, 0.15) is 0 Å². The summed E-state index contributed by atoms with van der Waals surface area (Å²) in [5.74, 6) is 0. The zero-order valence-electron chi connectivity index (χ0n) is 4.56. The van der Waals surface area contributed by atoms with Crippen LogP contribution in [0.2, 0.25) is 0 Å². The fourth-order valence-corrected chi connectivity index (χ4v) is 0.610. The number of alkyl halides is 1. The molecular weight excluding hydrogens is 124 g/mol. The molecule has 0 radical (unpaired) electrons. The third-order valence-electron chi connectivity index (χ3n) is 0.951. The number of hydrogen-bond donors (Lipinski definition) is 1. The fraction of sp³-hybridized carbons (Fsp3) is 0.400. The zero-order chi connectivity index (χ0) is 5.98. The normalized spacial score (nSPS) is 13.8. The number of hydrogen-bond acceptors (Lipinski definition) is 1. The van der Waals surface area contributed by atoms with Gasteiger partial charge in [-0.25, -0.2) is 0 Å². The number of nitrogens with one attached hydrogen (secondary N) is 1. The summed E-state index contributed by atoms with van der Waals surface area (Å²) in [7, 11) is 0. The van der Waals surface area contributed by atoms with Gasteiger partial charge in [-0.05, 0) is 13.0 Å². The van der Waals surface area contributed by atoms with Crippen molar-refractivity contribution in [3.63, 3.8) is 0 Å². The first kappa shape index (κ1) is 5.63. The first-order chi connectivity index (χ1) is 3.80. The van der Waals surface area contributed by atoms with E-state index in [0.29, 0.717) is 0 Å². The van der Waals surface area contributed by atoms with Crippen LogP contribution in [0.5, 0.6) is 0 Å². The van der Waals surface area contributed by atoms with E-state index in [1.54, 1.807) is 6.20 Å². The highest BCUT2D eigenvalue weighted by molar-refractivity contribution is 6.20. The van der Waals surface area contributed by atoms with E-state index in [0.717, 1.165) is 5.69 Å². The molecule has 1 unspecified atom stereocenters. The lowest BCUT2D eigenvalue weighted by molar-refractivity contribution is 0.949. The Labute approximate surface area is 52.9 Å². The van der Waals surface area contributed by atoms with Crippen LogP contribution in [0.3, 0.4) is 0 Å². The average molecular weight is 131 g/mol. The third-order valence-corrected chi connectivity index (χ3v) is 1.19. The third kappa shape index (κ3) is 1.01. The van der Waals surface area contributed by atoms with E-state index in [4.69, 9.17) is 11.6 Å². The summed E-state index contributed by atoms with van der Waals surface area (Å²) >= 11 is 5.67. The molecule has 2 nitrogen and oxygen atoms in total. The van der Waals surface area contributed by atoms with Crippen LogP contribution in [-0.4, -0.2) is 10.2 Å². The molecule has 1 rings (SSSR count). The first-order valence-corrected chi connectivity index (χ1v) is 2.87. The van der Waals surface area contributed by atoms with Gasteiger partial charge in [0.2, 0.25) is 0 Å². The van der Waals surface area contributed by atoms with Crippen LogP contribution in [0.4, 0.5) is 0 Å². The van der Waals surface area contributed by atoms with Gasteiger partial charge in [-0.1, -0.05) is 0 Å². The van der Waals surface area contributed by atoms with Crippen LogP contribution in [0, 0.1) is 0 Å². The molecule has 1 aromatic heterocycles. The van der Waals surface area contributed by atoms with Crippen molar-refractivity contribution in [3.05, 3.63) is 18.0 Å². The van der Waals surface area contributed by atoms with Crippen molar-refractivity contribution < 1.29 is 0 Å². The lowest BCUT2D eigenvalue weighted by Gasteiger charge is -1.93. The van der Waals surface area contributed by atoms with Crippen molar-refractivity contribution in [1.82, 2.24) is 10.2 Å². The fourth-order valence-electron chi connectivity index (χ4n) is 0.488.